The number of piperidine rings is 1. The molecule has 8 rings (SSSR count). The van der Waals surface area contributed by atoms with Crippen LogP contribution in [0.4, 0.5) is 5.69 Å². The molecule has 1 aliphatic heterocycles. The third kappa shape index (κ3) is 3.90. The van der Waals surface area contributed by atoms with Crippen LogP contribution in [0.2, 0.25) is 0 Å². The summed E-state index contributed by atoms with van der Waals surface area (Å²) in [6, 6.07) is 18.1. The Bertz CT molecular complexity index is 1880. The molecule has 9 heteroatoms. The standard InChI is InChI=1S/C33H35N7O2/c1-38-30-25(13-22(15-28(30)42-2)33(41)40-17-21-9-11-26(40)29(21)35)37-32(38)27-14-20-8-10-24(19-4-3-5-23(34)12-19)36-31(20)39(27)16-18-6-7-18/h3-5,8,10,12-15,18,21,26,29H,6-7,9,11,16-17,34-35H2,1-2H3. The van der Waals surface area contributed by atoms with Crippen molar-refractivity contribution < 1.29 is 9.53 Å². The lowest BCUT2D eigenvalue weighted by Gasteiger charge is -2.27. The lowest BCUT2D eigenvalue weighted by Crippen LogP contribution is -2.41. The van der Waals surface area contributed by atoms with Crippen LogP contribution in [0, 0.1) is 11.8 Å². The summed E-state index contributed by atoms with van der Waals surface area (Å²) in [6.07, 6.45) is 4.52. The molecular weight excluding hydrogens is 526 g/mol. The van der Waals surface area contributed by atoms with Gasteiger partial charge in [-0.1, -0.05) is 12.1 Å². The van der Waals surface area contributed by atoms with E-state index in [9.17, 15) is 4.79 Å². The first-order chi connectivity index (χ1) is 20.4. The fourth-order valence-corrected chi connectivity index (χ4v) is 7.18. The molecule has 1 saturated heterocycles. The van der Waals surface area contributed by atoms with Crippen LogP contribution in [0.3, 0.4) is 0 Å². The summed E-state index contributed by atoms with van der Waals surface area (Å²) in [6.45, 7) is 1.61. The van der Waals surface area contributed by atoms with Gasteiger partial charge in [0, 0.05) is 54.4 Å². The summed E-state index contributed by atoms with van der Waals surface area (Å²) < 4.78 is 10.2. The Balaban J connectivity index is 1.25. The van der Waals surface area contributed by atoms with Gasteiger partial charge in [-0.05, 0) is 80.0 Å². The summed E-state index contributed by atoms with van der Waals surface area (Å²) >= 11 is 0. The summed E-state index contributed by atoms with van der Waals surface area (Å²) in [5.41, 5.74) is 19.2. The van der Waals surface area contributed by atoms with Crippen LogP contribution >= 0.6 is 0 Å². The molecule has 214 valence electrons. The van der Waals surface area contributed by atoms with E-state index in [0.717, 1.165) is 76.5 Å². The molecule has 3 unspecified atom stereocenters. The van der Waals surface area contributed by atoms with Gasteiger partial charge in [0.25, 0.3) is 5.91 Å². The summed E-state index contributed by atoms with van der Waals surface area (Å²) in [5.74, 6) is 2.49. The van der Waals surface area contributed by atoms with Gasteiger partial charge in [-0.25, -0.2) is 9.97 Å². The number of hydrogen-bond acceptors (Lipinski definition) is 6. The minimum Gasteiger partial charge on any atom is -0.494 e. The van der Waals surface area contributed by atoms with Crippen LogP contribution < -0.4 is 16.2 Å². The first-order valence-corrected chi connectivity index (χ1v) is 14.9. The number of fused-ring (bicyclic) bond motifs is 4. The number of methoxy groups -OCH3 is 1. The number of nitrogens with zero attached hydrogens (tertiary/aromatic N) is 5. The fraction of sp³-hybridized carbons (Fsp3) is 0.364. The number of carbonyl (C=O) groups excluding carboxylic acids is 1. The molecule has 3 fully saturated rings. The van der Waals surface area contributed by atoms with Crippen LogP contribution in [0.5, 0.6) is 5.75 Å². The lowest BCUT2D eigenvalue weighted by atomic mass is 10.1. The Labute approximate surface area is 244 Å². The lowest BCUT2D eigenvalue weighted by molar-refractivity contribution is 0.0700. The van der Waals surface area contributed by atoms with E-state index in [0.29, 0.717) is 23.1 Å². The average Bonchev–Trinajstić information content (AvgIpc) is 3.40. The van der Waals surface area contributed by atoms with Crippen molar-refractivity contribution >= 4 is 33.7 Å². The highest BCUT2D eigenvalue weighted by Gasteiger charge is 2.47. The number of nitrogens with two attached hydrogens (primary N) is 2. The van der Waals surface area contributed by atoms with Crippen molar-refractivity contribution in [1.29, 1.82) is 0 Å². The van der Waals surface area contributed by atoms with Gasteiger partial charge in [0.05, 0.1) is 24.0 Å². The number of nitrogen functional groups attached to an aromatic ring is 1. The average molecular weight is 562 g/mol. The first-order valence-electron chi connectivity index (χ1n) is 14.9. The number of aryl methyl sites for hydroxylation is 1. The van der Waals surface area contributed by atoms with E-state index in [4.69, 9.17) is 26.2 Å². The van der Waals surface area contributed by atoms with E-state index in [-0.39, 0.29) is 18.0 Å². The second kappa shape index (κ2) is 9.32. The van der Waals surface area contributed by atoms with Crippen molar-refractivity contribution in [2.45, 2.75) is 44.3 Å². The van der Waals surface area contributed by atoms with Gasteiger partial charge < -0.3 is 30.2 Å². The minimum absolute atomic E-state index is 0.00572. The molecule has 2 saturated carbocycles. The van der Waals surface area contributed by atoms with E-state index >= 15 is 0 Å². The Morgan fingerprint density at radius 3 is 2.62 bits per heavy atom. The zero-order chi connectivity index (χ0) is 28.7. The molecule has 42 heavy (non-hydrogen) atoms. The molecule has 0 radical (unpaired) electrons. The van der Waals surface area contributed by atoms with E-state index in [2.05, 4.69) is 27.3 Å². The van der Waals surface area contributed by atoms with Crippen molar-refractivity contribution in [2.24, 2.45) is 24.6 Å². The van der Waals surface area contributed by atoms with Crippen molar-refractivity contribution in [2.75, 3.05) is 19.4 Å². The number of benzene rings is 2. The van der Waals surface area contributed by atoms with Gasteiger partial charge in [-0.3, -0.25) is 4.79 Å². The number of hydrogen-bond donors (Lipinski definition) is 2. The highest BCUT2D eigenvalue weighted by atomic mass is 16.5. The summed E-state index contributed by atoms with van der Waals surface area (Å²) in [7, 11) is 3.66. The van der Waals surface area contributed by atoms with E-state index < -0.39 is 0 Å². The van der Waals surface area contributed by atoms with Crippen molar-refractivity contribution in [3.8, 4) is 28.5 Å². The molecule has 4 N–H and O–H groups in total. The largest absolute Gasteiger partial charge is 0.494 e. The number of pyridine rings is 1. The molecule has 2 aliphatic carbocycles. The van der Waals surface area contributed by atoms with Crippen molar-refractivity contribution in [1.82, 2.24) is 24.0 Å². The smallest absolute Gasteiger partial charge is 0.254 e. The fourth-order valence-electron chi connectivity index (χ4n) is 7.18. The highest BCUT2D eigenvalue weighted by Crippen LogP contribution is 2.40. The van der Waals surface area contributed by atoms with Gasteiger partial charge in [0.15, 0.2) is 5.82 Å². The second-order valence-electron chi connectivity index (χ2n) is 12.3. The van der Waals surface area contributed by atoms with Crippen LogP contribution in [0.25, 0.3) is 44.8 Å². The third-order valence-corrected chi connectivity index (χ3v) is 9.61. The normalized spacial score (nSPS) is 21.6. The Morgan fingerprint density at radius 1 is 1.05 bits per heavy atom. The molecular formula is C33H35N7O2. The number of carbonyl (C=O) groups is 1. The summed E-state index contributed by atoms with van der Waals surface area (Å²) in [5, 5.41) is 1.06. The number of anilines is 1. The Morgan fingerprint density at radius 2 is 1.90 bits per heavy atom. The maximum absolute atomic E-state index is 13.7. The molecule has 3 aliphatic rings. The van der Waals surface area contributed by atoms with Crippen molar-refractivity contribution in [3.63, 3.8) is 0 Å². The van der Waals surface area contributed by atoms with Gasteiger partial charge >= 0.3 is 0 Å². The van der Waals surface area contributed by atoms with Crippen LogP contribution in [-0.4, -0.2) is 55.6 Å². The van der Waals surface area contributed by atoms with E-state index in [1.807, 2.05) is 48.3 Å². The van der Waals surface area contributed by atoms with Crippen molar-refractivity contribution in [3.05, 3.63) is 60.2 Å². The molecule has 9 nitrogen and oxygen atoms in total. The molecule has 4 heterocycles. The second-order valence-corrected chi connectivity index (χ2v) is 12.3. The zero-order valence-corrected chi connectivity index (χ0v) is 24.0. The zero-order valence-electron chi connectivity index (χ0n) is 24.0. The molecule has 2 aromatic carbocycles. The van der Waals surface area contributed by atoms with Crippen LogP contribution in [0.1, 0.15) is 36.0 Å². The third-order valence-electron chi connectivity index (χ3n) is 9.61. The SMILES string of the molecule is COc1cc(C(=O)N2CC3CCC2C3N)cc2nc(-c3cc4ccc(-c5cccc(N)c5)nc4n3CC3CC3)n(C)c12. The molecule has 1 amide bonds. The first kappa shape index (κ1) is 25.3. The quantitative estimate of drug-likeness (QED) is 0.287. The number of aromatic nitrogens is 4. The van der Waals surface area contributed by atoms with Gasteiger partial charge in [0.2, 0.25) is 0 Å². The minimum atomic E-state index is 0.00572. The van der Waals surface area contributed by atoms with Gasteiger partial charge in [-0.2, -0.15) is 0 Å². The number of ether oxygens (including phenoxy) is 1. The Kier molecular flexibility index (Phi) is 5.63. The Hall–Kier alpha value is -4.37. The van der Waals surface area contributed by atoms with E-state index in [1.54, 1.807) is 7.11 Å². The van der Waals surface area contributed by atoms with Crippen LogP contribution in [0.15, 0.2) is 54.6 Å². The van der Waals surface area contributed by atoms with Crippen LogP contribution in [-0.2, 0) is 13.6 Å². The topological polar surface area (TPSA) is 117 Å². The molecule has 2 bridgehead atoms. The molecule has 3 atom stereocenters. The number of rotatable bonds is 6. The maximum Gasteiger partial charge on any atom is 0.254 e. The number of likely N-dealkylation sites (tertiary alicyclic amines) is 1. The predicted octanol–water partition coefficient (Wildman–Crippen LogP) is 4.82. The maximum atomic E-state index is 13.7. The van der Waals surface area contributed by atoms with Gasteiger partial charge in [0.1, 0.15) is 16.9 Å². The summed E-state index contributed by atoms with van der Waals surface area (Å²) in [4.78, 5) is 25.9. The highest BCUT2D eigenvalue weighted by molar-refractivity contribution is 6.00. The number of imidazole rings is 1. The predicted molar refractivity (Wildman–Crippen MR) is 164 cm³/mol. The molecule has 3 aromatic heterocycles. The van der Waals surface area contributed by atoms with E-state index in [1.165, 1.54) is 12.8 Å². The molecule has 0 spiro atoms. The monoisotopic (exact) mass is 561 g/mol. The van der Waals surface area contributed by atoms with Gasteiger partial charge in [-0.15, -0.1) is 0 Å². The molecule has 5 aromatic rings. The number of amides is 1.